The molecule has 0 bridgehead atoms. The molecule has 2 rings (SSSR count). The van der Waals surface area contributed by atoms with Crippen LogP contribution >= 0.6 is 11.6 Å². The highest BCUT2D eigenvalue weighted by Gasteiger charge is 2.36. The second-order valence-electron chi connectivity index (χ2n) is 5.41. The second-order valence-corrected chi connectivity index (χ2v) is 5.84. The average Bonchev–Trinajstić information content (AvgIpc) is 2.50. The fraction of sp³-hybridized carbons (Fsp3) is 0.176. The number of amides is 2. The molecule has 0 atom stereocenters. The first kappa shape index (κ1) is 16.0. The van der Waals surface area contributed by atoms with Gasteiger partial charge in [-0.15, -0.1) is 0 Å². The van der Waals surface area contributed by atoms with Crippen molar-refractivity contribution in [3.8, 4) is 0 Å². The molecular weight excluding hydrogens is 300 g/mol. The van der Waals surface area contributed by atoms with E-state index in [4.69, 9.17) is 11.6 Å². The molecule has 114 valence electrons. The third kappa shape index (κ3) is 3.86. The van der Waals surface area contributed by atoms with E-state index in [0.717, 1.165) is 0 Å². The van der Waals surface area contributed by atoms with Gasteiger partial charge in [-0.3, -0.25) is 9.59 Å². The molecule has 2 aromatic carbocycles. The fourth-order valence-corrected chi connectivity index (χ4v) is 1.86. The zero-order valence-corrected chi connectivity index (χ0v) is 13.1. The summed E-state index contributed by atoms with van der Waals surface area (Å²) in [5, 5.41) is 6.04. The molecule has 0 unspecified atom stereocenters. The lowest BCUT2D eigenvalue weighted by Gasteiger charge is -2.22. The van der Waals surface area contributed by atoms with E-state index in [1.807, 2.05) is 18.2 Å². The first-order valence-electron chi connectivity index (χ1n) is 6.83. The molecule has 0 radical (unpaired) electrons. The zero-order chi connectivity index (χ0) is 16.2. The molecule has 0 saturated heterocycles. The Morgan fingerprint density at radius 2 is 1.27 bits per heavy atom. The van der Waals surface area contributed by atoms with Crippen LogP contribution in [-0.2, 0) is 9.59 Å². The molecule has 0 spiro atoms. The van der Waals surface area contributed by atoms with Gasteiger partial charge in [0.2, 0.25) is 11.8 Å². The normalized spacial score (nSPS) is 10.9. The minimum Gasteiger partial charge on any atom is -0.325 e. The number of carbonyl (C=O) groups is 2. The van der Waals surface area contributed by atoms with Crippen LogP contribution < -0.4 is 10.6 Å². The Hall–Kier alpha value is -2.33. The number of anilines is 2. The molecule has 0 aliphatic carbocycles. The molecular formula is C17H17ClN2O2. The van der Waals surface area contributed by atoms with E-state index in [1.165, 1.54) is 0 Å². The Balaban J connectivity index is 2.06. The summed E-state index contributed by atoms with van der Waals surface area (Å²) in [6.07, 6.45) is 0. The fourth-order valence-electron chi connectivity index (χ4n) is 1.73. The SMILES string of the molecule is CC(C)(C(=O)Nc1ccccc1)C(=O)Nc1ccc(Cl)cc1. The Kier molecular flexibility index (Phi) is 4.83. The van der Waals surface area contributed by atoms with Gasteiger partial charge in [0.15, 0.2) is 0 Å². The van der Waals surface area contributed by atoms with Crippen molar-refractivity contribution in [3.63, 3.8) is 0 Å². The van der Waals surface area contributed by atoms with Crippen molar-refractivity contribution in [1.29, 1.82) is 0 Å². The number of hydrogen-bond donors (Lipinski definition) is 2. The molecule has 4 nitrogen and oxygen atoms in total. The average molecular weight is 317 g/mol. The van der Waals surface area contributed by atoms with Gasteiger partial charge in [-0.25, -0.2) is 0 Å². The minimum atomic E-state index is -1.21. The highest BCUT2D eigenvalue weighted by Crippen LogP contribution is 2.22. The number of nitrogens with one attached hydrogen (secondary N) is 2. The van der Waals surface area contributed by atoms with Gasteiger partial charge in [0.1, 0.15) is 5.41 Å². The molecule has 5 heteroatoms. The topological polar surface area (TPSA) is 58.2 Å². The van der Waals surface area contributed by atoms with Crippen molar-refractivity contribution >= 4 is 34.8 Å². The number of carbonyl (C=O) groups excluding carboxylic acids is 2. The van der Waals surface area contributed by atoms with Gasteiger partial charge in [0.05, 0.1) is 0 Å². The molecule has 0 aliphatic rings. The maximum absolute atomic E-state index is 12.3. The van der Waals surface area contributed by atoms with Crippen LogP contribution in [0.5, 0.6) is 0 Å². The van der Waals surface area contributed by atoms with Crippen LogP contribution in [0, 0.1) is 5.41 Å². The van der Waals surface area contributed by atoms with Gasteiger partial charge >= 0.3 is 0 Å². The van der Waals surface area contributed by atoms with Crippen molar-refractivity contribution in [1.82, 2.24) is 0 Å². The molecule has 0 fully saturated rings. The van der Waals surface area contributed by atoms with Gasteiger partial charge < -0.3 is 10.6 Å². The maximum atomic E-state index is 12.3. The molecule has 22 heavy (non-hydrogen) atoms. The van der Waals surface area contributed by atoms with Crippen molar-refractivity contribution in [2.24, 2.45) is 5.41 Å². The van der Waals surface area contributed by atoms with Gasteiger partial charge in [0.25, 0.3) is 0 Å². The summed E-state index contributed by atoms with van der Waals surface area (Å²) >= 11 is 5.80. The highest BCUT2D eigenvalue weighted by atomic mass is 35.5. The Morgan fingerprint density at radius 1 is 0.818 bits per heavy atom. The summed E-state index contributed by atoms with van der Waals surface area (Å²) in [5.41, 5.74) is 0.0324. The highest BCUT2D eigenvalue weighted by molar-refractivity contribution is 6.30. The van der Waals surface area contributed by atoms with E-state index >= 15 is 0 Å². The quantitative estimate of drug-likeness (QED) is 0.839. The maximum Gasteiger partial charge on any atom is 0.239 e. The lowest BCUT2D eigenvalue weighted by molar-refractivity contribution is -0.135. The Bertz CT molecular complexity index is 667. The van der Waals surface area contributed by atoms with E-state index in [1.54, 1.807) is 50.2 Å². The van der Waals surface area contributed by atoms with E-state index in [9.17, 15) is 9.59 Å². The van der Waals surface area contributed by atoms with Gasteiger partial charge in [0, 0.05) is 16.4 Å². The molecule has 0 aliphatic heterocycles. The number of hydrogen-bond acceptors (Lipinski definition) is 2. The first-order chi connectivity index (χ1) is 10.4. The summed E-state index contributed by atoms with van der Waals surface area (Å²) in [6, 6.07) is 15.7. The van der Waals surface area contributed by atoms with Crippen molar-refractivity contribution in [3.05, 3.63) is 59.6 Å². The number of benzene rings is 2. The predicted octanol–water partition coefficient (Wildman–Crippen LogP) is 3.94. The third-order valence-electron chi connectivity index (χ3n) is 3.27. The number of rotatable bonds is 4. The summed E-state index contributed by atoms with van der Waals surface area (Å²) in [6.45, 7) is 3.16. The zero-order valence-electron chi connectivity index (χ0n) is 12.4. The van der Waals surface area contributed by atoms with E-state index in [0.29, 0.717) is 16.4 Å². The lowest BCUT2D eigenvalue weighted by atomic mass is 9.90. The third-order valence-corrected chi connectivity index (χ3v) is 3.52. The van der Waals surface area contributed by atoms with Gasteiger partial charge in [-0.05, 0) is 50.2 Å². The standard InChI is InChI=1S/C17H17ClN2O2/c1-17(2,15(21)19-13-6-4-3-5-7-13)16(22)20-14-10-8-12(18)9-11-14/h3-11H,1-2H3,(H,19,21)(H,20,22). The van der Waals surface area contributed by atoms with Gasteiger partial charge in [-0.2, -0.15) is 0 Å². The monoisotopic (exact) mass is 316 g/mol. The van der Waals surface area contributed by atoms with E-state index < -0.39 is 5.41 Å². The molecule has 0 saturated carbocycles. The van der Waals surface area contributed by atoms with Crippen LogP contribution in [0.2, 0.25) is 5.02 Å². The largest absolute Gasteiger partial charge is 0.325 e. The summed E-state index contributed by atoms with van der Waals surface area (Å²) in [5.74, 6) is -0.756. The summed E-state index contributed by atoms with van der Waals surface area (Å²) in [7, 11) is 0. The predicted molar refractivity (Wildman–Crippen MR) is 88.9 cm³/mol. The smallest absolute Gasteiger partial charge is 0.239 e. The number of para-hydroxylation sites is 1. The lowest BCUT2D eigenvalue weighted by Crippen LogP contribution is -2.41. The summed E-state index contributed by atoms with van der Waals surface area (Å²) in [4.78, 5) is 24.7. The Morgan fingerprint density at radius 3 is 1.77 bits per heavy atom. The van der Waals surface area contributed by atoms with Crippen LogP contribution in [-0.4, -0.2) is 11.8 Å². The van der Waals surface area contributed by atoms with Crippen LogP contribution in [0.4, 0.5) is 11.4 Å². The molecule has 2 N–H and O–H groups in total. The van der Waals surface area contributed by atoms with Crippen LogP contribution in [0.3, 0.4) is 0 Å². The van der Waals surface area contributed by atoms with Crippen LogP contribution in [0.15, 0.2) is 54.6 Å². The second kappa shape index (κ2) is 6.62. The molecule has 0 aromatic heterocycles. The van der Waals surface area contributed by atoms with Gasteiger partial charge in [-0.1, -0.05) is 29.8 Å². The molecule has 2 amide bonds. The van der Waals surface area contributed by atoms with Crippen LogP contribution in [0.1, 0.15) is 13.8 Å². The van der Waals surface area contributed by atoms with Crippen molar-refractivity contribution in [2.45, 2.75) is 13.8 Å². The molecule has 2 aromatic rings. The number of halogens is 1. The first-order valence-corrected chi connectivity index (χ1v) is 7.21. The van der Waals surface area contributed by atoms with Crippen molar-refractivity contribution in [2.75, 3.05) is 10.6 Å². The van der Waals surface area contributed by atoms with E-state index in [-0.39, 0.29) is 11.8 Å². The Labute approximate surface area is 134 Å². The van der Waals surface area contributed by atoms with Crippen molar-refractivity contribution < 1.29 is 9.59 Å². The minimum absolute atomic E-state index is 0.370. The molecule has 0 heterocycles. The van der Waals surface area contributed by atoms with E-state index in [2.05, 4.69) is 10.6 Å². The van der Waals surface area contributed by atoms with Crippen LogP contribution in [0.25, 0.3) is 0 Å². The summed E-state index contributed by atoms with van der Waals surface area (Å²) < 4.78 is 0.